The molecule has 0 aliphatic heterocycles. The lowest BCUT2D eigenvalue weighted by atomic mass is 10.0. The zero-order valence-corrected chi connectivity index (χ0v) is 14.7. The molecular formula is C16H23N5O3. The molecule has 8 nitrogen and oxygen atoms in total. The van der Waals surface area contributed by atoms with Gasteiger partial charge in [-0.3, -0.25) is 9.59 Å². The number of fused-ring (bicyclic) bond motifs is 1. The fraction of sp³-hybridized carbons (Fsp3) is 0.562. The van der Waals surface area contributed by atoms with E-state index in [0.29, 0.717) is 11.5 Å². The molecule has 0 radical (unpaired) electrons. The second-order valence-electron chi connectivity index (χ2n) is 6.36. The first-order valence-electron chi connectivity index (χ1n) is 7.86. The van der Waals surface area contributed by atoms with Crippen molar-refractivity contribution < 1.29 is 14.3 Å². The number of carbonyl (C=O) groups is 2. The van der Waals surface area contributed by atoms with Crippen molar-refractivity contribution in [1.29, 1.82) is 0 Å². The largest absolute Gasteiger partial charge is 0.455 e. The molecule has 0 unspecified atom stereocenters. The molecule has 2 heterocycles. The maximum atomic E-state index is 12.1. The predicted molar refractivity (Wildman–Crippen MR) is 87.4 cm³/mol. The number of carbonyl (C=O) groups excluding carboxylic acids is 2. The SMILES string of the molecule is CCC(C)(C)NC(=O)COC(=O)Cc1c(C)nc2ncnn2c1C. The molecule has 0 aliphatic rings. The molecule has 130 valence electrons. The van der Waals surface area contributed by atoms with Crippen molar-refractivity contribution in [2.75, 3.05) is 6.61 Å². The maximum absolute atomic E-state index is 12.1. The Hall–Kier alpha value is -2.51. The molecule has 2 rings (SSSR count). The van der Waals surface area contributed by atoms with Crippen LogP contribution in [-0.2, 0) is 20.7 Å². The third-order valence-electron chi connectivity index (χ3n) is 4.04. The third-order valence-corrected chi connectivity index (χ3v) is 4.04. The molecule has 0 saturated heterocycles. The van der Waals surface area contributed by atoms with Gasteiger partial charge in [0.15, 0.2) is 6.61 Å². The molecule has 24 heavy (non-hydrogen) atoms. The number of esters is 1. The maximum Gasteiger partial charge on any atom is 0.310 e. The molecule has 0 spiro atoms. The number of ether oxygens (including phenoxy) is 1. The topological polar surface area (TPSA) is 98.5 Å². The van der Waals surface area contributed by atoms with E-state index in [1.54, 1.807) is 11.4 Å². The first-order valence-corrected chi connectivity index (χ1v) is 7.86. The molecule has 1 amide bonds. The van der Waals surface area contributed by atoms with Gasteiger partial charge in [-0.05, 0) is 34.1 Å². The number of amides is 1. The van der Waals surface area contributed by atoms with Crippen molar-refractivity contribution in [3.05, 3.63) is 23.3 Å². The smallest absolute Gasteiger partial charge is 0.310 e. The molecular weight excluding hydrogens is 310 g/mol. The second kappa shape index (κ2) is 6.94. The van der Waals surface area contributed by atoms with Crippen LogP contribution >= 0.6 is 0 Å². The average Bonchev–Trinajstić information content (AvgIpc) is 2.97. The number of hydrogen-bond acceptors (Lipinski definition) is 6. The van der Waals surface area contributed by atoms with Gasteiger partial charge in [-0.25, -0.2) is 9.50 Å². The third kappa shape index (κ3) is 4.06. The van der Waals surface area contributed by atoms with Crippen LogP contribution in [0.25, 0.3) is 5.78 Å². The van der Waals surface area contributed by atoms with Crippen LogP contribution in [0.2, 0.25) is 0 Å². The molecule has 0 atom stereocenters. The van der Waals surface area contributed by atoms with Gasteiger partial charge in [0.25, 0.3) is 11.7 Å². The number of nitrogens with one attached hydrogen (secondary N) is 1. The number of rotatable bonds is 6. The summed E-state index contributed by atoms with van der Waals surface area (Å²) in [5.41, 5.74) is 1.89. The molecule has 2 aromatic heterocycles. The van der Waals surface area contributed by atoms with Gasteiger partial charge < -0.3 is 10.1 Å². The van der Waals surface area contributed by atoms with E-state index in [-0.39, 0.29) is 24.5 Å². The monoisotopic (exact) mass is 333 g/mol. The van der Waals surface area contributed by atoms with Crippen molar-refractivity contribution in [2.45, 2.75) is 53.0 Å². The Morgan fingerprint density at radius 2 is 2.04 bits per heavy atom. The number of aromatic nitrogens is 4. The molecule has 0 saturated carbocycles. The molecule has 2 aromatic rings. The average molecular weight is 333 g/mol. The quantitative estimate of drug-likeness (QED) is 0.796. The summed E-state index contributed by atoms with van der Waals surface area (Å²) in [7, 11) is 0. The van der Waals surface area contributed by atoms with Crippen molar-refractivity contribution >= 4 is 17.7 Å². The Morgan fingerprint density at radius 1 is 1.33 bits per heavy atom. The minimum atomic E-state index is -0.480. The molecule has 0 fully saturated rings. The van der Waals surface area contributed by atoms with Crippen LogP contribution in [0.1, 0.15) is 44.1 Å². The van der Waals surface area contributed by atoms with Gasteiger partial charge in [-0.15, -0.1) is 0 Å². The summed E-state index contributed by atoms with van der Waals surface area (Å²) in [6.45, 7) is 9.16. The summed E-state index contributed by atoms with van der Waals surface area (Å²) in [4.78, 5) is 32.2. The normalized spacial score (nSPS) is 11.5. The second-order valence-corrected chi connectivity index (χ2v) is 6.36. The Kier molecular flexibility index (Phi) is 5.16. The van der Waals surface area contributed by atoms with E-state index in [9.17, 15) is 9.59 Å². The van der Waals surface area contributed by atoms with E-state index >= 15 is 0 Å². The highest BCUT2D eigenvalue weighted by atomic mass is 16.5. The Balaban J connectivity index is 1.99. The van der Waals surface area contributed by atoms with Gasteiger partial charge in [0.05, 0.1) is 6.42 Å². The van der Waals surface area contributed by atoms with E-state index < -0.39 is 5.97 Å². The summed E-state index contributed by atoms with van der Waals surface area (Å²) in [6.07, 6.45) is 2.23. The van der Waals surface area contributed by atoms with E-state index in [0.717, 1.165) is 17.7 Å². The minimum absolute atomic E-state index is 0.0327. The van der Waals surface area contributed by atoms with Crippen molar-refractivity contribution in [3.63, 3.8) is 0 Å². The summed E-state index contributed by atoms with van der Waals surface area (Å²) in [5.74, 6) is -0.302. The fourth-order valence-corrected chi connectivity index (χ4v) is 2.25. The zero-order chi connectivity index (χ0) is 17.9. The highest BCUT2D eigenvalue weighted by Gasteiger charge is 2.20. The molecule has 0 aromatic carbocycles. The lowest BCUT2D eigenvalue weighted by Gasteiger charge is -2.24. The first-order chi connectivity index (χ1) is 11.2. The number of hydrogen-bond donors (Lipinski definition) is 1. The number of nitrogens with zero attached hydrogens (tertiary/aromatic N) is 4. The van der Waals surface area contributed by atoms with E-state index in [2.05, 4.69) is 20.4 Å². The van der Waals surface area contributed by atoms with E-state index in [1.807, 2.05) is 27.7 Å². The van der Waals surface area contributed by atoms with E-state index in [1.165, 1.54) is 6.33 Å². The molecule has 8 heteroatoms. The van der Waals surface area contributed by atoms with Gasteiger partial charge in [0, 0.05) is 22.5 Å². The Bertz CT molecular complexity index is 766. The highest BCUT2D eigenvalue weighted by Crippen LogP contribution is 2.14. The molecule has 1 N–H and O–H groups in total. The Labute approximate surface area is 140 Å². The first kappa shape index (κ1) is 17.8. The van der Waals surface area contributed by atoms with Crippen LogP contribution in [0.3, 0.4) is 0 Å². The van der Waals surface area contributed by atoms with Crippen molar-refractivity contribution in [3.8, 4) is 0 Å². The summed E-state index contributed by atoms with van der Waals surface area (Å²) >= 11 is 0. The summed E-state index contributed by atoms with van der Waals surface area (Å²) in [6, 6.07) is 0. The summed E-state index contributed by atoms with van der Waals surface area (Å²) in [5, 5.41) is 6.90. The molecule has 0 aliphatic carbocycles. The zero-order valence-electron chi connectivity index (χ0n) is 14.7. The van der Waals surface area contributed by atoms with Crippen LogP contribution < -0.4 is 5.32 Å². The van der Waals surface area contributed by atoms with Crippen molar-refractivity contribution in [2.24, 2.45) is 0 Å². The summed E-state index contributed by atoms with van der Waals surface area (Å²) < 4.78 is 6.65. The van der Waals surface area contributed by atoms with Crippen LogP contribution in [0.15, 0.2) is 6.33 Å². The van der Waals surface area contributed by atoms with Gasteiger partial charge in [0.1, 0.15) is 6.33 Å². The lowest BCUT2D eigenvalue weighted by Crippen LogP contribution is -2.44. The van der Waals surface area contributed by atoms with Crippen LogP contribution in [-0.4, -0.2) is 43.6 Å². The van der Waals surface area contributed by atoms with E-state index in [4.69, 9.17) is 4.74 Å². The van der Waals surface area contributed by atoms with Gasteiger partial charge in [0.2, 0.25) is 0 Å². The van der Waals surface area contributed by atoms with Gasteiger partial charge in [-0.2, -0.15) is 10.1 Å². The van der Waals surface area contributed by atoms with Crippen LogP contribution in [0, 0.1) is 13.8 Å². The fourth-order valence-electron chi connectivity index (χ4n) is 2.25. The predicted octanol–water partition coefficient (Wildman–Crippen LogP) is 1.13. The van der Waals surface area contributed by atoms with Gasteiger partial charge >= 0.3 is 5.97 Å². The number of aryl methyl sites for hydroxylation is 2. The van der Waals surface area contributed by atoms with Gasteiger partial charge in [-0.1, -0.05) is 6.92 Å². The highest BCUT2D eigenvalue weighted by molar-refractivity contribution is 5.81. The molecule has 0 bridgehead atoms. The van der Waals surface area contributed by atoms with Crippen LogP contribution in [0.5, 0.6) is 0 Å². The Morgan fingerprint density at radius 3 is 2.71 bits per heavy atom. The minimum Gasteiger partial charge on any atom is -0.455 e. The van der Waals surface area contributed by atoms with Crippen LogP contribution in [0.4, 0.5) is 0 Å². The van der Waals surface area contributed by atoms with Crippen molar-refractivity contribution in [1.82, 2.24) is 24.9 Å². The lowest BCUT2D eigenvalue weighted by molar-refractivity contribution is -0.148. The standard InChI is InChI=1S/C16H23N5O3/c1-6-16(4,5)20-13(22)8-24-14(23)7-12-10(2)19-15-17-9-18-21(15)11(12)3/h9H,6-8H2,1-5H3,(H,20,22).